The lowest BCUT2D eigenvalue weighted by atomic mass is 10.1. The molecule has 0 saturated carbocycles. The van der Waals surface area contributed by atoms with Crippen LogP contribution in [0.2, 0.25) is 0 Å². The van der Waals surface area contributed by atoms with E-state index in [2.05, 4.69) is 15.1 Å². The number of hydrogen-bond acceptors (Lipinski definition) is 5. The molecule has 0 amide bonds. The van der Waals surface area contributed by atoms with Crippen LogP contribution >= 0.6 is 11.8 Å². The van der Waals surface area contributed by atoms with Crippen LogP contribution in [0.1, 0.15) is 17.3 Å². The summed E-state index contributed by atoms with van der Waals surface area (Å²) in [6.07, 6.45) is 3.02. The molecule has 0 N–H and O–H groups in total. The predicted molar refractivity (Wildman–Crippen MR) is 103 cm³/mol. The highest BCUT2D eigenvalue weighted by Gasteiger charge is 2.23. The van der Waals surface area contributed by atoms with Crippen LogP contribution < -0.4 is 0 Å². The molecule has 4 rings (SSSR count). The number of nitrogens with zero attached hydrogens (tertiary/aromatic N) is 4. The summed E-state index contributed by atoms with van der Waals surface area (Å²) in [6, 6.07) is 12.4. The van der Waals surface area contributed by atoms with Crippen molar-refractivity contribution in [3.63, 3.8) is 0 Å². The summed E-state index contributed by atoms with van der Waals surface area (Å²) in [5, 5.41) is 4.92. The third-order valence-corrected chi connectivity index (χ3v) is 5.30. The summed E-state index contributed by atoms with van der Waals surface area (Å²) in [5.74, 6) is -1.91. The topological polar surface area (TPSA) is 60.7 Å². The Hall–Kier alpha value is -3.13. The quantitative estimate of drug-likeness (QED) is 0.283. The van der Waals surface area contributed by atoms with Crippen LogP contribution in [0.4, 0.5) is 8.78 Å². The van der Waals surface area contributed by atoms with Crippen LogP contribution in [0, 0.1) is 11.6 Å². The molecule has 140 valence electrons. The van der Waals surface area contributed by atoms with Crippen LogP contribution in [0.3, 0.4) is 0 Å². The Morgan fingerprint density at radius 3 is 2.68 bits per heavy atom. The van der Waals surface area contributed by atoms with E-state index in [1.165, 1.54) is 6.33 Å². The number of carbonyl (C=O) groups excluding carboxylic acids is 1. The molecule has 2 aromatic carbocycles. The second-order valence-electron chi connectivity index (χ2n) is 6.06. The molecule has 0 saturated heterocycles. The normalized spacial score (nSPS) is 12.2. The Bertz CT molecular complexity index is 1160. The van der Waals surface area contributed by atoms with Crippen LogP contribution in [0.5, 0.6) is 0 Å². The van der Waals surface area contributed by atoms with Gasteiger partial charge in [0.05, 0.1) is 28.1 Å². The van der Waals surface area contributed by atoms with Gasteiger partial charge in [0.1, 0.15) is 23.0 Å². The number of fused-ring (bicyclic) bond motifs is 1. The van der Waals surface area contributed by atoms with E-state index in [9.17, 15) is 13.6 Å². The van der Waals surface area contributed by atoms with Gasteiger partial charge in [-0.25, -0.2) is 23.4 Å². The maximum absolute atomic E-state index is 13.9. The minimum Gasteiger partial charge on any atom is -0.293 e. The summed E-state index contributed by atoms with van der Waals surface area (Å²) in [6.45, 7) is 1.63. The highest BCUT2D eigenvalue weighted by molar-refractivity contribution is 8.00. The van der Waals surface area contributed by atoms with Crippen LogP contribution in [0.15, 0.2) is 66.1 Å². The smallest absolute Gasteiger partial charge is 0.178 e. The zero-order valence-electron chi connectivity index (χ0n) is 14.7. The van der Waals surface area contributed by atoms with Gasteiger partial charge < -0.3 is 0 Å². The molecule has 0 aliphatic rings. The fourth-order valence-corrected chi connectivity index (χ4v) is 3.75. The monoisotopic (exact) mass is 396 g/mol. The SMILES string of the molecule is CC(Sc1ncnc2c1cnn2-c1ccccc1)C(=O)c1cc(F)ccc1F. The lowest BCUT2D eigenvalue weighted by Crippen LogP contribution is -2.15. The van der Waals surface area contributed by atoms with Crippen molar-refractivity contribution in [2.45, 2.75) is 17.2 Å². The number of aromatic nitrogens is 4. The molecule has 0 aliphatic carbocycles. The van der Waals surface area contributed by atoms with E-state index < -0.39 is 22.7 Å². The van der Waals surface area contributed by atoms with E-state index in [-0.39, 0.29) is 5.56 Å². The van der Waals surface area contributed by atoms with Crippen molar-refractivity contribution < 1.29 is 13.6 Å². The molecule has 2 heterocycles. The van der Waals surface area contributed by atoms with Gasteiger partial charge in [0.15, 0.2) is 11.4 Å². The second kappa shape index (κ2) is 7.47. The molecule has 28 heavy (non-hydrogen) atoms. The number of ketones is 1. The van der Waals surface area contributed by atoms with Gasteiger partial charge in [-0.15, -0.1) is 0 Å². The maximum Gasteiger partial charge on any atom is 0.178 e. The summed E-state index contributed by atoms with van der Waals surface area (Å²) < 4.78 is 29.0. The van der Waals surface area contributed by atoms with Crippen molar-refractivity contribution in [2.24, 2.45) is 0 Å². The highest BCUT2D eigenvalue weighted by atomic mass is 32.2. The molecule has 1 atom stereocenters. The molecule has 0 bridgehead atoms. The largest absolute Gasteiger partial charge is 0.293 e. The molecule has 0 spiro atoms. The number of hydrogen-bond donors (Lipinski definition) is 0. The average molecular weight is 396 g/mol. The molecular weight excluding hydrogens is 382 g/mol. The number of benzene rings is 2. The first kappa shape index (κ1) is 18.2. The second-order valence-corrected chi connectivity index (χ2v) is 7.39. The molecular formula is C20H14F2N4OS. The molecule has 4 aromatic rings. The van der Waals surface area contributed by atoms with Crippen molar-refractivity contribution in [1.82, 2.24) is 19.7 Å². The van der Waals surface area contributed by atoms with Gasteiger partial charge in [-0.05, 0) is 37.3 Å². The van der Waals surface area contributed by atoms with E-state index in [1.54, 1.807) is 17.8 Å². The summed E-state index contributed by atoms with van der Waals surface area (Å²) in [7, 11) is 0. The van der Waals surface area contributed by atoms with E-state index in [0.29, 0.717) is 16.1 Å². The molecule has 0 radical (unpaired) electrons. The Balaban J connectivity index is 1.66. The highest BCUT2D eigenvalue weighted by Crippen LogP contribution is 2.30. The van der Waals surface area contributed by atoms with Crippen LogP contribution in [0.25, 0.3) is 16.7 Å². The first-order valence-corrected chi connectivity index (χ1v) is 9.32. The zero-order chi connectivity index (χ0) is 19.7. The minimum absolute atomic E-state index is 0.273. The van der Waals surface area contributed by atoms with Crippen LogP contribution in [-0.2, 0) is 0 Å². The summed E-state index contributed by atoms with van der Waals surface area (Å²) >= 11 is 1.16. The lowest BCUT2D eigenvalue weighted by molar-refractivity contribution is 0.0989. The summed E-state index contributed by atoms with van der Waals surface area (Å²) in [5.41, 5.74) is 1.17. The number of para-hydroxylation sites is 1. The van der Waals surface area contributed by atoms with Crippen molar-refractivity contribution in [1.29, 1.82) is 0 Å². The van der Waals surface area contributed by atoms with Gasteiger partial charge >= 0.3 is 0 Å². The van der Waals surface area contributed by atoms with E-state index in [0.717, 1.165) is 35.6 Å². The summed E-state index contributed by atoms with van der Waals surface area (Å²) in [4.78, 5) is 21.1. The molecule has 8 heteroatoms. The van der Waals surface area contributed by atoms with Gasteiger partial charge in [-0.1, -0.05) is 30.0 Å². The molecule has 0 aliphatic heterocycles. The third kappa shape index (κ3) is 3.38. The number of rotatable bonds is 5. The molecule has 0 fully saturated rings. The molecule has 5 nitrogen and oxygen atoms in total. The van der Waals surface area contributed by atoms with Gasteiger partial charge in [0.25, 0.3) is 0 Å². The number of halogens is 2. The van der Waals surface area contributed by atoms with Crippen molar-refractivity contribution in [3.8, 4) is 5.69 Å². The maximum atomic E-state index is 13.9. The standard InChI is InChI=1S/C20H14F2N4OS/c1-12(18(27)15-9-13(21)7-8-17(15)22)28-20-16-10-25-26(19(16)23-11-24-20)14-5-3-2-4-6-14/h2-12H,1H3. The van der Waals surface area contributed by atoms with Gasteiger partial charge in [-0.2, -0.15) is 5.10 Å². The Labute approximate surface area is 163 Å². The van der Waals surface area contributed by atoms with Gasteiger partial charge in [-0.3, -0.25) is 4.79 Å². The fraction of sp³-hybridized carbons (Fsp3) is 0.100. The average Bonchev–Trinajstić information content (AvgIpc) is 3.15. The van der Waals surface area contributed by atoms with Crippen LogP contribution in [-0.4, -0.2) is 30.8 Å². The minimum atomic E-state index is -0.747. The zero-order valence-corrected chi connectivity index (χ0v) is 15.5. The third-order valence-electron chi connectivity index (χ3n) is 4.18. The number of thioether (sulfide) groups is 1. The van der Waals surface area contributed by atoms with E-state index in [1.807, 2.05) is 30.3 Å². The van der Waals surface area contributed by atoms with Gasteiger partial charge in [0.2, 0.25) is 0 Å². The van der Waals surface area contributed by atoms with Gasteiger partial charge in [0, 0.05) is 0 Å². The number of carbonyl (C=O) groups is 1. The van der Waals surface area contributed by atoms with Crippen molar-refractivity contribution in [2.75, 3.05) is 0 Å². The van der Waals surface area contributed by atoms with E-state index >= 15 is 0 Å². The lowest BCUT2D eigenvalue weighted by Gasteiger charge is -2.11. The predicted octanol–water partition coefficient (Wildman–Crippen LogP) is 4.46. The van der Waals surface area contributed by atoms with Crippen molar-refractivity contribution >= 4 is 28.6 Å². The Morgan fingerprint density at radius 2 is 1.89 bits per heavy atom. The first-order valence-electron chi connectivity index (χ1n) is 8.44. The first-order chi connectivity index (χ1) is 13.5. The molecule has 1 unspecified atom stereocenters. The fourth-order valence-electron chi connectivity index (χ4n) is 2.80. The van der Waals surface area contributed by atoms with Crippen molar-refractivity contribution in [3.05, 3.63) is 78.3 Å². The number of Topliss-reactive ketones (excluding diaryl/α,β-unsaturated/α-hetero) is 1. The Morgan fingerprint density at radius 1 is 1.11 bits per heavy atom. The Kier molecular flexibility index (Phi) is 4.87. The molecule has 2 aromatic heterocycles. The van der Waals surface area contributed by atoms with E-state index in [4.69, 9.17) is 0 Å².